The van der Waals surface area contributed by atoms with Crippen molar-refractivity contribution in [2.75, 3.05) is 32.1 Å². The molecule has 0 aromatic heterocycles. The molecule has 1 aromatic rings. The summed E-state index contributed by atoms with van der Waals surface area (Å²) in [7, 11) is 3.33. The molecule has 0 unspecified atom stereocenters. The van der Waals surface area contributed by atoms with Crippen LogP contribution in [0, 0.1) is 10.1 Å². The van der Waals surface area contributed by atoms with E-state index in [9.17, 15) is 19.7 Å². The van der Waals surface area contributed by atoms with Gasteiger partial charge in [0.15, 0.2) is 6.29 Å². The molecular formula is C14H19N3O4. The van der Waals surface area contributed by atoms with E-state index in [0.717, 1.165) is 6.42 Å². The second-order valence-electron chi connectivity index (χ2n) is 4.83. The Morgan fingerprint density at radius 2 is 2.05 bits per heavy atom. The first-order chi connectivity index (χ1) is 9.90. The number of benzene rings is 1. The minimum Gasteiger partial charge on any atom is -0.362 e. The fourth-order valence-corrected chi connectivity index (χ4v) is 1.87. The molecule has 7 heteroatoms. The van der Waals surface area contributed by atoms with Crippen LogP contribution in [0.1, 0.15) is 23.7 Å². The summed E-state index contributed by atoms with van der Waals surface area (Å²) < 4.78 is 0. The van der Waals surface area contributed by atoms with Gasteiger partial charge >= 0.3 is 0 Å². The normalized spacial score (nSPS) is 10.0. The maximum atomic E-state index is 11.8. The van der Waals surface area contributed by atoms with Crippen LogP contribution in [-0.2, 0) is 4.79 Å². The Hall–Kier alpha value is -2.44. The fourth-order valence-electron chi connectivity index (χ4n) is 1.87. The summed E-state index contributed by atoms with van der Waals surface area (Å²) in [5.74, 6) is -0.0746. The lowest BCUT2D eigenvalue weighted by Crippen LogP contribution is -2.37. The van der Waals surface area contributed by atoms with E-state index >= 15 is 0 Å². The molecule has 0 aliphatic rings. The first kappa shape index (κ1) is 16.6. The highest BCUT2D eigenvalue weighted by Gasteiger charge is 2.18. The Labute approximate surface area is 123 Å². The average molecular weight is 293 g/mol. The van der Waals surface area contributed by atoms with Gasteiger partial charge in [-0.05, 0) is 18.6 Å². The van der Waals surface area contributed by atoms with E-state index in [-0.39, 0.29) is 23.7 Å². The number of anilines is 1. The Balaban J connectivity index is 3.11. The second kappa shape index (κ2) is 7.37. The van der Waals surface area contributed by atoms with Crippen molar-refractivity contribution >= 4 is 23.6 Å². The van der Waals surface area contributed by atoms with Gasteiger partial charge in [-0.2, -0.15) is 0 Å². The molecule has 0 bridgehead atoms. The highest BCUT2D eigenvalue weighted by Crippen LogP contribution is 2.24. The van der Waals surface area contributed by atoms with Gasteiger partial charge in [0.25, 0.3) is 5.69 Å². The summed E-state index contributed by atoms with van der Waals surface area (Å²) >= 11 is 0. The number of nitrogens with zero attached hydrogens (tertiary/aromatic N) is 3. The molecule has 1 aromatic carbocycles. The maximum absolute atomic E-state index is 11.8. The lowest BCUT2D eigenvalue weighted by Gasteiger charge is -2.25. The van der Waals surface area contributed by atoms with Crippen molar-refractivity contribution in [3.63, 3.8) is 0 Å². The average Bonchev–Trinajstić information content (AvgIpc) is 2.45. The molecule has 0 atom stereocenters. The largest absolute Gasteiger partial charge is 0.362 e. The summed E-state index contributed by atoms with van der Waals surface area (Å²) in [6.45, 7) is 2.76. The van der Waals surface area contributed by atoms with Crippen LogP contribution in [0.25, 0.3) is 0 Å². The number of carbonyl (C=O) groups is 2. The predicted octanol–water partition coefficient (Wildman–Crippen LogP) is 1.71. The molecule has 0 saturated carbocycles. The molecule has 114 valence electrons. The van der Waals surface area contributed by atoms with Gasteiger partial charge in [-0.25, -0.2) is 0 Å². The molecule has 0 fully saturated rings. The zero-order valence-corrected chi connectivity index (χ0v) is 12.4. The molecule has 0 radical (unpaired) electrons. The zero-order valence-electron chi connectivity index (χ0n) is 12.4. The number of hydrogen-bond acceptors (Lipinski definition) is 5. The van der Waals surface area contributed by atoms with Crippen molar-refractivity contribution in [2.24, 2.45) is 0 Å². The van der Waals surface area contributed by atoms with Gasteiger partial charge in [-0.1, -0.05) is 6.92 Å². The van der Waals surface area contributed by atoms with Crippen molar-refractivity contribution in [1.29, 1.82) is 0 Å². The molecule has 21 heavy (non-hydrogen) atoms. The van der Waals surface area contributed by atoms with Crippen LogP contribution in [0.3, 0.4) is 0 Å². The number of aldehydes is 1. The second-order valence-corrected chi connectivity index (χ2v) is 4.83. The zero-order chi connectivity index (χ0) is 16.0. The van der Waals surface area contributed by atoms with E-state index in [1.165, 1.54) is 17.0 Å². The molecule has 0 heterocycles. The number of nitro groups is 1. The first-order valence-corrected chi connectivity index (χ1v) is 6.59. The smallest absolute Gasteiger partial charge is 0.280 e. The van der Waals surface area contributed by atoms with E-state index in [1.54, 1.807) is 25.1 Å². The van der Waals surface area contributed by atoms with Crippen LogP contribution in [0.15, 0.2) is 18.2 Å². The summed E-state index contributed by atoms with van der Waals surface area (Å²) in [6.07, 6.45) is 1.27. The van der Waals surface area contributed by atoms with Crippen LogP contribution >= 0.6 is 0 Å². The summed E-state index contributed by atoms with van der Waals surface area (Å²) in [4.78, 5) is 36.4. The van der Waals surface area contributed by atoms with Crippen molar-refractivity contribution in [1.82, 2.24) is 4.90 Å². The topological polar surface area (TPSA) is 83.8 Å². The summed E-state index contributed by atoms with van der Waals surface area (Å²) in [5.41, 5.74) is 0.403. The van der Waals surface area contributed by atoms with Crippen LogP contribution in [0.5, 0.6) is 0 Å². The van der Waals surface area contributed by atoms with Gasteiger partial charge in [-0.15, -0.1) is 0 Å². The van der Waals surface area contributed by atoms with E-state index in [2.05, 4.69) is 0 Å². The molecule has 0 aliphatic heterocycles. The van der Waals surface area contributed by atoms with E-state index < -0.39 is 4.92 Å². The third-order valence-corrected chi connectivity index (χ3v) is 3.02. The Bertz CT molecular complexity index is 543. The highest BCUT2D eigenvalue weighted by molar-refractivity contribution is 5.85. The Kier molecular flexibility index (Phi) is 5.83. The molecule has 0 saturated heterocycles. The van der Waals surface area contributed by atoms with Gasteiger partial charge in [0, 0.05) is 32.4 Å². The molecule has 1 rings (SSSR count). The number of rotatable bonds is 7. The number of likely N-dealkylation sites (N-methyl/N-ethyl adjacent to an activating group) is 1. The predicted molar refractivity (Wildman–Crippen MR) is 79.7 cm³/mol. The van der Waals surface area contributed by atoms with Gasteiger partial charge in [0.2, 0.25) is 5.91 Å². The molecule has 0 aliphatic carbocycles. The van der Waals surface area contributed by atoms with Crippen LogP contribution in [-0.4, -0.2) is 49.2 Å². The molecule has 0 N–H and O–H groups in total. The van der Waals surface area contributed by atoms with Crippen molar-refractivity contribution in [3.05, 3.63) is 33.9 Å². The summed E-state index contributed by atoms with van der Waals surface area (Å²) in [5, 5.41) is 10.8. The monoisotopic (exact) mass is 293 g/mol. The van der Waals surface area contributed by atoms with Crippen molar-refractivity contribution in [3.8, 4) is 0 Å². The van der Waals surface area contributed by atoms with Crippen LogP contribution in [0.2, 0.25) is 0 Å². The third kappa shape index (κ3) is 4.27. The quantitative estimate of drug-likeness (QED) is 0.434. The molecule has 7 nitrogen and oxygen atoms in total. The third-order valence-electron chi connectivity index (χ3n) is 3.02. The van der Waals surface area contributed by atoms with E-state index in [1.807, 2.05) is 6.92 Å². The number of hydrogen-bond donors (Lipinski definition) is 0. The lowest BCUT2D eigenvalue weighted by atomic mass is 10.1. The van der Waals surface area contributed by atoms with Crippen molar-refractivity contribution < 1.29 is 14.5 Å². The minimum atomic E-state index is -0.595. The summed E-state index contributed by atoms with van der Waals surface area (Å²) in [6, 6.07) is 4.30. The van der Waals surface area contributed by atoms with Gasteiger partial charge in [-0.3, -0.25) is 19.7 Å². The first-order valence-electron chi connectivity index (χ1n) is 6.59. The van der Waals surface area contributed by atoms with Crippen molar-refractivity contribution in [2.45, 2.75) is 13.3 Å². The van der Waals surface area contributed by atoms with Gasteiger partial charge in [0.05, 0.1) is 17.0 Å². The van der Waals surface area contributed by atoms with Crippen LogP contribution < -0.4 is 4.90 Å². The highest BCUT2D eigenvalue weighted by atomic mass is 16.6. The molecular weight excluding hydrogens is 274 g/mol. The molecule has 0 spiro atoms. The maximum Gasteiger partial charge on any atom is 0.280 e. The van der Waals surface area contributed by atoms with E-state index in [4.69, 9.17) is 0 Å². The standard InChI is InChI=1S/C14H19N3O4/c1-4-7-16(9-14(19)15(2)3)12-5-6-13(17(20)21)11(8-12)10-18/h5-6,8,10H,4,7,9H2,1-3H3. The van der Waals surface area contributed by atoms with Gasteiger partial charge in [0.1, 0.15) is 0 Å². The SMILES string of the molecule is CCCN(CC(=O)N(C)C)c1ccc([N+](=O)[O-])c(C=O)c1. The minimum absolute atomic E-state index is 0.0101. The van der Waals surface area contributed by atoms with Crippen LogP contribution in [0.4, 0.5) is 11.4 Å². The number of amides is 1. The Morgan fingerprint density at radius 3 is 2.52 bits per heavy atom. The molecule has 1 amide bonds. The van der Waals surface area contributed by atoms with E-state index in [0.29, 0.717) is 18.5 Å². The van der Waals surface area contributed by atoms with Gasteiger partial charge < -0.3 is 9.80 Å². The lowest BCUT2D eigenvalue weighted by molar-refractivity contribution is -0.385. The number of nitro benzene ring substituents is 1. The Morgan fingerprint density at radius 1 is 1.38 bits per heavy atom. The fraction of sp³-hybridized carbons (Fsp3) is 0.429. The number of carbonyl (C=O) groups excluding carboxylic acids is 2.